The number of hydrogen-bond donors (Lipinski definition) is 5. The quantitative estimate of drug-likeness (QED) is 0.396. The molecular weight excluding hydrogens is 388 g/mol. The summed E-state index contributed by atoms with van der Waals surface area (Å²) in [6.07, 6.45) is 6.60. The Hall–Kier alpha value is -3.39. The van der Waals surface area contributed by atoms with Gasteiger partial charge in [-0.1, -0.05) is 44.2 Å². The van der Waals surface area contributed by atoms with Crippen molar-refractivity contribution in [1.82, 2.24) is 30.8 Å². The van der Waals surface area contributed by atoms with Crippen molar-refractivity contribution in [3.05, 3.63) is 65.9 Å². The monoisotopic (exact) mass is 418 g/mol. The fourth-order valence-corrected chi connectivity index (χ4v) is 3.39. The third kappa shape index (κ3) is 5.40. The van der Waals surface area contributed by atoms with Gasteiger partial charge >= 0.3 is 0 Å². The van der Waals surface area contributed by atoms with Crippen LogP contribution < -0.4 is 21.5 Å². The maximum absolute atomic E-state index is 4.59. The molecule has 0 amide bonds. The Morgan fingerprint density at radius 3 is 2.68 bits per heavy atom. The Kier molecular flexibility index (Phi) is 6.47. The van der Waals surface area contributed by atoms with Crippen LogP contribution >= 0.6 is 0 Å². The van der Waals surface area contributed by atoms with E-state index in [0.29, 0.717) is 18.4 Å². The van der Waals surface area contributed by atoms with E-state index in [4.69, 9.17) is 0 Å². The van der Waals surface area contributed by atoms with Gasteiger partial charge in [0.15, 0.2) is 0 Å². The molecule has 162 valence electrons. The van der Waals surface area contributed by atoms with E-state index in [0.717, 1.165) is 28.6 Å². The van der Waals surface area contributed by atoms with Crippen molar-refractivity contribution < 1.29 is 0 Å². The normalized spacial score (nSPS) is 17.3. The zero-order chi connectivity index (χ0) is 21.6. The van der Waals surface area contributed by atoms with E-state index in [1.807, 2.05) is 51.2 Å². The number of allylic oxidation sites excluding steroid dienone is 1. The van der Waals surface area contributed by atoms with Gasteiger partial charge in [0.2, 0.25) is 5.95 Å². The molecule has 1 aromatic carbocycles. The summed E-state index contributed by atoms with van der Waals surface area (Å²) in [7, 11) is 0. The highest BCUT2D eigenvalue weighted by molar-refractivity contribution is 5.58. The van der Waals surface area contributed by atoms with Crippen molar-refractivity contribution in [1.29, 1.82) is 0 Å². The fraction of sp³-hybridized carbons (Fsp3) is 0.348. The highest BCUT2D eigenvalue weighted by Gasteiger charge is 2.29. The molecule has 0 radical (unpaired) electrons. The zero-order valence-electron chi connectivity index (χ0n) is 18.2. The van der Waals surface area contributed by atoms with Crippen molar-refractivity contribution in [2.75, 3.05) is 10.6 Å². The first-order chi connectivity index (χ1) is 15.2. The van der Waals surface area contributed by atoms with E-state index >= 15 is 0 Å². The van der Waals surface area contributed by atoms with E-state index in [1.165, 1.54) is 18.5 Å². The molecule has 2 aromatic heterocycles. The van der Waals surface area contributed by atoms with Crippen LogP contribution in [-0.2, 0) is 6.54 Å². The molecule has 1 fully saturated rings. The number of aromatic amines is 1. The second-order valence-electron chi connectivity index (χ2n) is 7.47. The molecule has 5 N–H and O–H groups in total. The van der Waals surface area contributed by atoms with Gasteiger partial charge in [0.1, 0.15) is 17.8 Å². The van der Waals surface area contributed by atoms with Gasteiger partial charge in [0, 0.05) is 17.5 Å². The SMILES string of the molecule is CC.Cc1cc(NC2C=C(C3CC3)NN2)nc(NCc2ncc(-c3ccccc3)[nH]2)n1. The molecule has 0 saturated heterocycles. The Bertz CT molecular complexity index is 1020. The van der Waals surface area contributed by atoms with Crippen LogP contribution in [-0.4, -0.2) is 26.1 Å². The Balaban J connectivity index is 0.00000112. The summed E-state index contributed by atoms with van der Waals surface area (Å²) >= 11 is 0. The number of benzene rings is 1. The minimum atomic E-state index is 0.0197. The van der Waals surface area contributed by atoms with Gasteiger partial charge in [-0.15, -0.1) is 0 Å². The molecule has 3 heterocycles. The molecule has 1 aliphatic carbocycles. The number of nitrogens with one attached hydrogen (secondary N) is 5. The van der Waals surface area contributed by atoms with Gasteiger partial charge in [-0.05, 0) is 37.3 Å². The number of imidazole rings is 1. The van der Waals surface area contributed by atoms with Crippen molar-refractivity contribution in [2.24, 2.45) is 5.92 Å². The van der Waals surface area contributed by atoms with Gasteiger partial charge in [0.05, 0.1) is 18.4 Å². The van der Waals surface area contributed by atoms with Gasteiger partial charge < -0.3 is 21.0 Å². The lowest BCUT2D eigenvalue weighted by Crippen LogP contribution is -2.37. The standard InChI is InChI=1S/C21H24N8.C2H6/c1-13-9-18(26-19-10-16(28-29-19)15-7-8-15)27-21(24-13)23-12-20-22-11-17(25-20)14-5-3-2-4-6-14;1-2/h2-6,9-11,15,19,28-29H,7-8,12H2,1H3,(H,22,25)(H2,23,24,26,27);1-2H3. The number of aromatic nitrogens is 4. The second kappa shape index (κ2) is 9.61. The predicted molar refractivity (Wildman–Crippen MR) is 124 cm³/mol. The summed E-state index contributed by atoms with van der Waals surface area (Å²) in [5.74, 6) is 2.87. The highest BCUT2D eigenvalue weighted by Crippen LogP contribution is 2.36. The molecule has 1 atom stereocenters. The molecule has 1 saturated carbocycles. The molecule has 31 heavy (non-hydrogen) atoms. The summed E-state index contributed by atoms with van der Waals surface area (Å²) in [5, 5.41) is 6.66. The third-order valence-corrected chi connectivity index (χ3v) is 5.02. The first-order valence-corrected chi connectivity index (χ1v) is 10.9. The molecule has 2 aliphatic rings. The van der Waals surface area contributed by atoms with Crippen molar-refractivity contribution in [3.8, 4) is 11.3 Å². The predicted octanol–water partition coefficient (Wildman–Crippen LogP) is 3.95. The number of anilines is 2. The average molecular weight is 419 g/mol. The van der Waals surface area contributed by atoms with Crippen LogP contribution in [0.3, 0.4) is 0 Å². The summed E-state index contributed by atoms with van der Waals surface area (Å²) in [4.78, 5) is 16.9. The molecular formula is C23H30N8. The summed E-state index contributed by atoms with van der Waals surface area (Å²) < 4.78 is 0. The first kappa shape index (κ1) is 20.9. The molecule has 0 bridgehead atoms. The number of hydrogen-bond acceptors (Lipinski definition) is 7. The molecule has 8 nitrogen and oxygen atoms in total. The van der Waals surface area contributed by atoms with Crippen molar-refractivity contribution >= 4 is 11.8 Å². The minimum Gasteiger partial charge on any atom is -0.350 e. The average Bonchev–Trinajstić information content (AvgIpc) is 3.35. The van der Waals surface area contributed by atoms with Crippen molar-refractivity contribution in [3.63, 3.8) is 0 Å². The zero-order valence-corrected chi connectivity index (χ0v) is 18.2. The maximum atomic E-state index is 4.59. The Morgan fingerprint density at radius 2 is 1.90 bits per heavy atom. The highest BCUT2D eigenvalue weighted by atomic mass is 15.4. The molecule has 1 aliphatic heterocycles. The second-order valence-corrected chi connectivity index (χ2v) is 7.47. The smallest absolute Gasteiger partial charge is 0.225 e. The van der Waals surface area contributed by atoms with Gasteiger partial charge in [-0.3, -0.25) is 0 Å². The van der Waals surface area contributed by atoms with E-state index in [1.54, 1.807) is 0 Å². The third-order valence-electron chi connectivity index (χ3n) is 5.02. The lowest BCUT2D eigenvalue weighted by molar-refractivity contribution is 0.599. The van der Waals surface area contributed by atoms with Crippen LogP contribution in [0.25, 0.3) is 11.3 Å². The van der Waals surface area contributed by atoms with Crippen molar-refractivity contribution in [2.45, 2.75) is 46.3 Å². The minimum absolute atomic E-state index is 0.0197. The largest absolute Gasteiger partial charge is 0.350 e. The number of nitrogens with zero attached hydrogens (tertiary/aromatic N) is 3. The van der Waals surface area contributed by atoms with E-state index in [-0.39, 0.29) is 6.17 Å². The van der Waals surface area contributed by atoms with Crippen LogP contribution in [0, 0.1) is 12.8 Å². The van der Waals surface area contributed by atoms with Crippen LogP contribution in [0.1, 0.15) is 38.2 Å². The maximum Gasteiger partial charge on any atom is 0.225 e. The van der Waals surface area contributed by atoms with E-state index in [9.17, 15) is 0 Å². The summed E-state index contributed by atoms with van der Waals surface area (Å²) in [6, 6.07) is 12.1. The topological polar surface area (TPSA) is 103 Å². The van der Waals surface area contributed by atoms with Crippen LogP contribution in [0.2, 0.25) is 0 Å². The first-order valence-electron chi connectivity index (χ1n) is 10.9. The lowest BCUT2D eigenvalue weighted by Gasteiger charge is -2.13. The molecule has 8 heteroatoms. The number of hydrazine groups is 1. The Morgan fingerprint density at radius 1 is 1.10 bits per heavy atom. The fourth-order valence-electron chi connectivity index (χ4n) is 3.39. The van der Waals surface area contributed by atoms with Gasteiger partial charge in [-0.25, -0.2) is 15.4 Å². The molecule has 3 aromatic rings. The van der Waals surface area contributed by atoms with Crippen LogP contribution in [0.5, 0.6) is 0 Å². The van der Waals surface area contributed by atoms with E-state index in [2.05, 4.69) is 59.6 Å². The molecule has 0 spiro atoms. The van der Waals surface area contributed by atoms with Gasteiger partial charge in [0.25, 0.3) is 0 Å². The van der Waals surface area contributed by atoms with Crippen LogP contribution in [0.15, 0.2) is 54.4 Å². The van der Waals surface area contributed by atoms with Gasteiger partial charge in [-0.2, -0.15) is 4.98 Å². The number of rotatable bonds is 7. The summed E-state index contributed by atoms with van der Waals surface area (Å²) in [5.41, 5.74) is 10.8. The van der Waals surface area contributed by atoms with Crippen LogP contribution in [0.4, 0.5) is 11.8 Å². The Labute approximate surface area is 183 Å². The van der Waals surface area contributed by atoms with E-state index < -0.39 is 0 Å². The lowest BCUT2D eigenvalue weighted by atomic mass is 10.2. The number of aryl methyl sites for hydroxylation is 1. The molecule has 1 unspecified atom stereocenters. The molecule has 5 rings (SSSR count). The summed E-state index contributed by atoms with van der Waals surface area (Å²) in [6.45, 7) is 6.48. The number of H-pyrrole nitrogens is 1.